The number of benzene rings is 2. The van der Waals surface area contributed by atoms with E-state index in [-0.39, 0.29) is 28.6 Å². The molecule has 0 saturated heterocycles. The van der Waals surface area contributed by atoms with Gasteiger partial charge in [0, 0.05) is 47.6 Å². The van der Waals surface area contributed by atoms with Crippen LogP contribution < -0.4 is 10.9 Å². The molecule has 1 fully saturated rings. The van der Waals surface area contributed by atoms with Gasteiger partial charge in [-0.1, -0.05) is 38.1 Å². The second-order valence-electron chi connectivity index (χ2n) is 18.7. The number of pyridine rings is 1. The number of aromatic amines is 1. The van der Waals surface area contributed by atoms with Crippen LogP contribution in [0.3, 0.4) is 0 Å². The number of esters is 1. The molecule has 336 valence electrons. The molecule has 1 saturated carbocycles. The minimum Gasteiger partial charge on any atom is -0.506 e. The number of nitrogens with zero attached hydrogens (tertiary/aromatic N) is 4. The number of fused-ring (bicyclic) bond motifs is 4. The molecule has 1 aliphatic carbocycles. The maximum Gasteiger partial charge on any atom is 0.349 e. The number of nitrogens with one attached hydrogen (secondary N) is 2. The molecule has 2 aliphatic rings. The van der Waals surface area contributed by atoms with E-state index in [0.717, 1.165) is 83.2 Å². The van der Waals surface area contributed by atoms with Gasteiger partial charge in [-0.3, -0.25) is 4.79 Å². The van der Waals surface area contributed by atoms with Gasteiger partial charge in [-0.2, -0.15) is 0 Å². The summed E-state index contributed by atoms with van der Waals surface area (Å²) in [5.41, 5.74) is 4.55. The Hall–Kier alpha value is -4.26. The Kier molecular flexibility index (Phi) is 13.2. The number of rotatable bonds is 16. The fourth-order valence-electron chi connectivity index (χ4n) is 8.78. The Morgan fingerprint density at radius 1 is 1.08 bits per heavy atom. The number of carbonyl (C=O) groups excluding carboxylic acids is 1. The summed E-state index contributed by atoms with van der Waals surface area (Å²) in [5, 5.41) is 37.9. The van der Waals surface area contributed by atoms with Gasteiger partial charge in [0.15, 0.2) is 8.32 Å². The average molecular weight is 913 g/mol. The van der Waals surface area contributed by atoms with Gasteiger partial charge >= 0.3 is 5.97 Å². The largest absolute Gasteiger partial charge is 0.506 e. The van der Waals surface area contributed by atoms with Crippen LogP contribution in [0.5, 0.6) is 5.75 Å². The van der Waals surface area contributed by atoms with Crippen LogP contribution in [0.25, 0.3) is 21.9 Å². The number of aromatic hydroxyl groups is 1. The molecule has 8 rings (SSSR count). The molecule has 13 nitrogen and oxygen atoms in total. The van der Waals surface area contributed by atoms with Crippen LogP contribution in [-0.4, -0.2) is 81.7 Å². The molecule has 0 bridgehead atoms. The number of aliphatic hydroxyl groups is 1. The summed E-state index contributed by atoms with van der Waals surface area (Å²) in [6, 6.07) is 16.7. The number of phenols is 1. The van der Waals surface area contributed by atoms with Gasteiger partial charge < -0.3 is 39.3 Å². The molecule has 0 radical (unpaired) electrons. The quantitative estimate of drug-likeness (QED) is 0.0545. The predicted molar refractivity (Wildman–Crippen MR) is 251 cm³/mol. The Morgan fingerprint density at radius 2 is 1.86 bits per heavy atom. The van der Waals surface area contributed by atoms with E-state index in [1.165, 1.54) is 34.3 Å². The maximum absolute atomic E-state index is 13.6. The van der Waals surface area contributed by atoms with Crippen molar-refractivity contribution in [3.63, 3.8) is 0 Å². The van der Waals surface area contributed by atoms with Crippen molar-refractivity contribution in [1.82, 2.24) is 30.2 Å². The van der Waals surface area contributed by atoms with Crippen molar-refractivity contribution in [3.05, 3.63) is 107 Å². The van der Waals surface area contributed by atoms with Gasteiger partial charge in [0.2, 0.25) is 11.2 Å². The zero-order valence-electron chi connectivity index (χ0n) is 37.3. The number of phenolic OH excluding ortho intramolecular Hbond substituents is 1. The van der Waals surface area contributed by atoms with Crippen LogP contribution in [0.2, 0.25) is 18.1 Å². The summed E-state index contributed by atoms with van der Waals surface area (Å²) < 4.78 is 21.2. The number of carbonyl (C=O) groups is 1. The Balaban J connectivity index is 0.885. The van der Waals surface area contributed by atoms with Gasteiger partial charge in [0.25, 0.3) is 0 Å². The first kappa shape index (κ1) is 45.3. The summed E-state index contributed by atoms with van der Waals surface area (Å²) in [7, 11) is -0.0747. The Bertz CT molecular complexity index is 2630. The molecule has 1 unspecified atom stereocenters. The third-order valence-corrected chi connectivity index (χ3v) is 20.0. The summed E-state index contributed by atoms with van der Waals surface area (Å²) >= 11 is 2.78. The number of H-pyrrole nitrogens is 1. The topological polar surface area (TPSA) is 164 Å². The molecular formula is C47H60N6O7S2Si. The molecule has 4 aromatic heterocycles. The normalized spacial score (nSPS) is 18.6. The smallest absolute Gasteiger partial charge is 0.349 e. The fourth-order valence-corrected chi connectivity index (χ4v) is 11.9. The number of hydrogen-bond acceptors (Lipinski definition) is 13. The van der Waals surface area contributed by atoms with E-state index >= 15 is 0 Å². The number of aryl methyl sites for hydroxylation is 2. The molecule has 1 aliphatic heterocycles. The molecule has 4 N–H and O–H groups in total. The van der Waals surface area contributed by atoms with Gasteiger partial charge in [-0.15, -0.1) is 27.8 Å². The summed E-state index contributed by atoms with van der Waals surface area (Å²) in [5.74, 6) is -0.566. The van der Waals surface area contributed by atoms with Crippen molar-refractivity contribution >= 4 is 58.9 Å². The van der Waals surface area contributed by atoms with Crippen molar-refractivity contribution in [2.24, 2.45) is 0 Å². The van der Waals surface area contributed by atoms with Crippen LogP contribution in [0.15, 0.2) is 64.8 Å². The maximum atomic E-state index is 13.6. The molecule has 63 heavy (non-hydrogen) atoms. The molecular weight excluding hydrogens is 853 g/mol. The van der Waals surface area contributed by atoms with Gasteiger partial charge in [-0.05, 0) is 129 Å². The van der Waals surface area contributed by atoms with Crippen LogP contribution >= 0.6 is 22.7 Å². The van der Waals surface area contributed by atoms with E-state index in [1.807, 2.05) is 41.3 Å². The summed E-state index contributed by atoms with van der Waals surface area (Å²) in [6.07, 6.45) is 3.66. The van der Waals surface area contributed by atoms with Gasteiger partial charge in [0.1, 0.15) is 17.4 Å². The highest BCUT2D eigenvalue weighted by Gasteiger charge is 2.45. The highest BCUT2D eigenvalue weighted by molar-refractivity contribution is 7.13. The van der Waals surface area contributed by atoms with E-state index in [1.54, 1.807) is 18.2 Å². The van der Waals surface area contributed by atoms with E-state index in [0.29, 0.717) is 47.6 Å². The molecule has 16 heteroatoms. The highest BCUT2D eigenvalue weighted by Crippen LogP contribution is 2.42. The lowest BCUT2D eigenvalue weighted by atomic mass is 9.91. The van der Waals surface area contributed by atoms with E-state index in [4.69, 9.17) is 13.9 Å². The van der Waals surface area contributed by atoms with Crippen molar-refractivity contribution in [2.75, 3.05) is 20.1 Å². The van der Waals surface area contributed by atoms with Crippen LogP contribution in [0.1, 0.15) is 95.9 Å². The Labute approximate surface area is 377 Å². The summed E-state index contributed by atoms with van der Waals surface area (Å²) in [4.78, 5) is 33.2. The van der Waals surface area contributed by atoms with E-state index < -0.39 is 19.9 Å². The molecule has 2 atom stereocenters. The highest BCUT2D eigenvalue weighted by atomic mass is 32.1. The van der Waals surface area contributed by atoms with Gasteiger partial charge in [0.05, 0.1) is 40.1 Å². The lowest BCUT2D eigenvalue weighted by molar-refractivity contribution is -0.169. The molecule has 5 heterocycles. The lowest BCUT2D eigenvalue weighted by Gasteiger charge is -2.39. The molecule has 0 spiro atoms. The third-order valence-electron chi connectivity index (χ3n) is 13.4. The first-order valence-corrected chi connectivity index (χ1v) is 26.6. The van der Waals surface area contributed by atoms with Crippen molar-refractivity contribution in [3.8, 4) is 5.75 Å². The first-order chi connectivity index (χ1) is 30.0. The molecule has 2 aromatic carbocycles. The number of ether oxygens (including phenoxy) is 2. The van der Waals surface area contributed by atoms with Crippen molar-refractivity contribution in [1.29, 1.82) is 0 Å². The van der Waals surface area contributed by atoms with Crippen LogP contribution in [0.4, 0.5) is 0 Å². The van der Waals surface area contributed by atoms with Crippen LogP contribution in [-0.2, 0) is 50.6 Å². The minimum absolute atomic E-state index is 0.0275. The third kappa shape index (κ3) is 9.32. The zero-order chi connectivity index (χ0) is 44.7. The zero-order valence-corrected chi connectivity index (χ0v) is 40.0. The average Bonchev–Trinajstić information content (AvgIpc) is 4.09. The minimum atomic E-state index is -2.24. The van der Waals surface area contributed by atoms with Crippen molar-refractivity contribution in [2.45, 2.75) is 128 Å². The SMILES string of the molecule is Cc1ccc([C@](O)(C(=O)OC2CCC(N(C)CCCn3nnc4cc(CNCC(O[Si](C)(C)C(C)(C)C)c5ccc(O)c6[nH]c(=O)ccc56)c5c(c43)COC5)CC2)c2cccs2)s1. The van der Waals surface area contributed by atoms with Gasteiger partial charge in [-0.25, -0.2) is 9.48 Å². The Morgan fingerprint density at radius 3 is 2.57 bits per heavy atom. The van der Waals surface area contributed by atoms with E-state index in [9.17, 15) is 19.8 Å². The second kappa shape index (κ2) is 18.3. The van der Waals surface area contributed by atoms with Crippen molar-refractivity contribution < 1.29 is 28.9 Å². The lowest BCUT2D eigenvalue weighted by Crippen LogP contribution is -2.43. The standard InChI is InChI=1S/C47H60N6O7S2Si/c1-29-11-19-41(62-29)47(57,40-10-8-23-61-40)45(56)59-32-14-12-31(13-15-32)52(5)21-9-22-53-44-36-28-58-27-35(36)30(24-37(44)50-51-53)25-48-26-39(60-63(6,7)46(2,3)4)33-16-18-38(54)43-34(33)17-20-42(55)49-43/h8,10-11,16-20,23-24,31-32,39,48,54,57H,9,12-15,21-22,25-28H2,1-7H3,(H,49,55)/t31?,32?,39?,47-/m0/s1. The number of thiophene rings is 2. The molecule has 0 amide bonds. The number of aromatic nitrogens is 4. The summed E-state index contributed by atoms with van der Waals surface area (Å²) in [6.45, 7) is 16.8. The predicted octanol–water partition coefficient (Wildman–Crippen LogP) is 8.41. The molecule has 6 aromatic rings. The van der Waals surface area contributed by atoms with Crippen LogP contribution in [0, 0.1) is 6.92 Å². The first-order valence-electron chi connectivity index (χ1n) is 22.0. The number of hydrogen-bond donors (Lipinski definition) is 4. The van der Waals surface area contributed by atoms with E-state index in [2.05, 4.69) is 72.5 Å². The monoisotopic (exact) mass is 912 g/mol. The second-order valence-corrected chi connectivity index (χ2v) is 25.7. The fraction of sp³-hybridized carbons (Fsp3) is 0.489.